The summed E-state index contributed by atoms with van der Waals surface area (Å²) in [6, 6.07) is 0. The molecule has 46 valence electrons. The highest BCUT2D eigenvalue weighted by Crippen LogP contribution is 2.06. The highest BCUT2D eigenvalue weighted by atomic mass is 16.5. The van der Waals surface area contributed by atoms with E-state index in [0.717, 1.165) is 0 Å². The van der Waals surface area contributed by atoms with Gasteiger partial charge in [0, 0.05) is 6.92 Å². The van der Waals surface area contributed by atoms with E-state index in [2.05, 4.69) is 4.99 Å². The molecular weight excluding hydrogens is 104 g/mol. The number of aliphatic imine (C=N–C) groups is 1. The van der Waals surface area contributed by atoms with E-state index >= 15 is 0 Å². The number of nitrogens with zero attached hydrogens (tertiary/aromatic N) is 1. The summed E-state index contributed by atoms with van der Waals surface area (Å²) in [5, 5.41) is 0. The van der Waals surface area contributed by atoms with Crippen molar-refractivity contribution < 1.29 is 4.74 Å². The van der Waals surface area contributed by atoms with Gasteiger partial charge in [-0.3, -0.25) is 0 Å². The van der Waals surface area contributed by atoms with Crippen molar-refractivity contribution in [3.8, 4) is 0 Å². The van der Waals surface area contributed by atoms with E-state index in [1.54, 1.807) is 0 Å². The molecule has 0 bridgehead atoms. The van der Waals surface area contributed by atoms with Crippen molar-refractivity contribution >= 4 is 5.90 Å². The summed E-state index contributed by atoms with van der Waals surface area (Å²) in [5.74, 6) is 0.699. The van der Waals surface area contributed by atoms with Crippen LogP contribution in [0.2, 0.25) is 0 Å². The minimum absolute atomic E-state index is 0.0648. The number of rotatable bonds is 0. The highest BCUT2D eigenvalue weighted by Gasteiger charge is 2.19. The second-order valence-corrected chi connectivity index (χ2v) is 1.96. The van der Waals surface area contributed by atoms with E-state index in [4.69, 9.17) is 10.5 Å². The summed E-state index contributed by atoms with van der Waals surface area (Å²) in [6.07, 6.45) is -0.0787. The SMILES string of the molecule is CC1=NC(N)C(C)O1. The normalized spacial score (nSPS) is 36.6. The standard InChI is InChI=1S/C5H10N2O/c1-3-5(6)7-4(2)8-3/h3,5H,6H2,1-2H3. The third-order valence-electron chi connectivity index (χ3n) is 1.17. The highest BCUT2D eigenvalue weighted by molar-refractivity contribution is 5.75. The quantitative estimate of drug-likeness (QED) is 0.485. The van der Waals surface area contributed by atoms with Gasteiger partial charge in [-0.15, -0.1) is 0 Å². The van der Waals surface area contributed by atoms with Crippen LogP contribution in [0.1, 0.15) is 13.8 Å². The van der Waals surface area contributed by atoms with E-state index in [1.807, 2.05) is 13.8 Å². The zero-order valence-electron chi connectivity index (χ0n) is 5.09. The molecule has 2 N–H and O–H groups in total. The Morgan fingerprint density at radius 1 is 1.75 bits per heavy atom. The van der Waals surface area contributed by atoms with Crippen LogP contribution in [-0.2, 0) is 4.74 Å². The smallest absolute Gasteiger partial charge is 0.182 e. The first-order chi connectivity index (χ1) is 3.70. The van der Waals surface area contributed by atoms with Crippen molar-refractivity contribution in [2.75, 3.05) is 0 Å². The summed E-state index contributed by atoms with van der Waals surface area (Å²) < 4.78 is 5.10. The van der Waals surface area contributed by atoms with E-state index in [0.29, 0.717) is 5.90 Å². The number of hydrogen-bond acceptors (Lipinski definition) is 3. The molecule has 1 heterocycles. The monoisotopic (exact) mass is 114 g/mol. The average Bonchev–Trinajstić information content (AvgIpc) is 1.85. The van der Waals surface area contributed by atoms with Crippen molar-refractivity contribution in [1.29, 1.82) is 0 Å². The summed E-state index contributed by atoms with van der Waals surface area (Å²) >= 11 is 0. The van der Waals surface area contributed by atoms with Gasteiger partial charge in [0.15, 0.2) is 5.90 Å². The Bertz CT molecular complexity index is 122. The minimum Gasteiger partial charge on any atom is -0.475 e. The van der Waals surface area contributed by atoms with Crippen LogP contribution in [0, 0.1) is 0 Å². The Morgan fingerprint density at radius 3 is 2.50 bits per heavy atom. The molecule has 2 atom stereocenters. The van der Waals surface area contributed by atoms with Gasteiger partial charge in [-0.2, -0.15) is 0 Å². The second kappa shape index (κ2) is 1.74. The summed E-state index contributed by atoms with van der Waals surface area (Å²) in [6.45, 7) is 3.72. The molecule has 8 heavy (non-hydrogen) atoms. The summed E-state index contributed by atoms with van der Waals surface area (Å²) in [7, 11) is 0. The van der Waals surface area contributed by atoms with E-state index in [9.17, 15) is 0 Å². The zero-order valence-corrected chi connectivity index (χ0v) is 5.09. The molecule has 1 aliphatic rings. The molecule has 3 heteroatoms. The van der Waals surface area contributed by atoms with Crippen LogP contribution in [0.5, 0.6) is 0 Å². The van der Waals surface area contributed by atoms with Gasteiger partial charge >= 0.3 is 0 Å². The molecule has 0 aliphatic carbocycles. The number of hydrogen-bond donors (Lipinski definition) is 1. The van der Waals surface area contributed by atoms with E-state index < -0.39 is 0 Å². The van der Waals surface area contributed by atoms with E-state index in [1.165, 1.54) is 0 Å². The predicted molar refractivity (Wildman–Crippen MR) is 31.6 cm³/mol. The zero-order chi connectivity index (χ0) is 6.15. The molecule has 0 amide bonds. The molecule has 0 aromatic carbocycles. The van der Waals surface area contributed by atoms with Crippen LogP contribution < -0.4 is 5.73 Å². The molecule has 0 saturated carbocycles. The third-order valence-corrected chi connectivity index (χ3v) is 1.17. The van der Waals surface area contributed by atoms with Gasteiger partial charge in [-0.1, -0.05) is 0 Å². The van der Waals surface area contributed by atoms with Gasteiger partial charge in [0.2, 0.25) is 0 Å². The van der Waals surface area contributed by atoms with Gasteiger partial charge in [-0.05, 0) is 6.92 Å². The van der Waals surface area contributed by atoms with Crippen molar-refractivity contribution in [3.63, 3.8) is 0 Å². The molecule has 1 aliphatic heterocycles. The fraction of sp³-hybridized carbons (Fsp3) is 0.800. The second-order valence-electron chi connectivity index (χ2n) is 1.96. The maximum atomic E-state index is 5.46. The fourth-order valence-electron chi connectivity index (χ4n) is 0.684. The molecular formula is C5H10N2O. The minimum atomic E-state index is -0.144. The first-order valence-corrected chi connectivity index (χ1v) is 2.67. The lowest BCUT2D eigenvalue weighted by Gasteiger charge is -2.05. The Kier molecular flexibility index (Phi) is 1.21. The van der Waals surface area contributed by atoms with Gasteiger partial charge in [0.25, 0.3) is 0 Å². The lowest BCUT2D eigenvalue weighted by molar-refractivity contribution is 0.213. The topological polar surface area (TPSA) is 47.6 Å². The molecule has 0 saturated heterocycles. The molecule has 0 radical (unpaired) electrons. The van der Waals surface area contributed by atoms with Crippen LogP contribution in [0.3, 0.4) is 0 Å². The third kappa shape index (κ3) is 0.816. The van der Waals surface area contributed by atoms with Crippen molar-refractivity contribution in [2.24, 2.45) is 10.7 Å². The maximum absolute atomic E-state index is 5.46. The van der Waals surface area contributed by atoms with Crippen LogP contribution in [0.4, 0.5) is 0 Å². The average molecular weight is 114 g/mol. The van der Waals surface area contributed by atoms with E-state index in [-0.39, 0.29) is 12.3 Å². The Hall–Kier alpha value is -0.570. The molecule has 3 nitrogen and oxygen atoms in total. The Morgan fingerprint density at radius 2 is 2.38 bits per heavy atom. The largest absolute Gasteiger partial charge is 0.475 e. The maximum Gasteiger partial charge on any atom is 0.182 e. The molecule has 0 aromatic heterocycles. The van der Waals surface area contributed by atoms with Crippen molar-refractivity contribution in [3.05, 3.63) is 0 Å². The lowest BCUT2D eigenvalue weighted by Crippen LogP contribution is -2.27. The molecule has 2 unspecified atom stereocenters. The van der Waals surface area contributed by atoms with Crippen molar-refractivity contribution in [2.45, 2.75) is 26.1 Å². The summed E-state index contributed by atoms with van der Waals surface area (Å²) in [4.78, 5) is 3.94. The predicted octanol–water partition coefficient (Wildman–Crippen LogP) is 0.108. The first kappa shape index (κ1) is 5.56. The van der Waals surface area contributed by atoms with Gasteiger partial charge < -0.3 is 10.5 Å². The van der Waals surface area contributed by atoms with Crippen LogP contribution in [-0.4, -0.2) is 18.2 Å². The van der Waals surface area contributed by atoms with Crippen LogP contribution in [0.25, 0.3) is 0 Å². The number of ether oxygens (including phenoxy) is 1. The van der Waals surface area contributed by atoms with Gasteiger partial charge in [0.05, 0.1) is 0 Å². The number of nitrogens with two attached hydrogens (primary N) is 1. The fourth-order valence-corrected chi connectivity index (χ4v) is 0.684. The molecule has 1 rings (SSSR count). The van der Waals surface area contributed by atoms with Crippen LogP contribution >= 0.6 is 0 Å². The Labute approximate surface area is 48.5 Å². The first-order valence-electron chi connectivity index (χ1n) is 2.67. The molecule has 0 fully saturated rings. The van der Waals surface area contributed by atoms with Gasteiger partial charge in [0.1, 0.15) is 12.3 Å². The molecule has 0 spiro atoms. The molecule has 0 aromatic rings. The Balaban J connectivity index is 2.56. The van der Waals surface area contributed by atoms with Gasteiger partial charge in [-0.25, -0.2) is 4.99 Å². The lowest BCUT2D eigenvalue weighted by atomic mass is 10.3. The van der Waals surface area contributed by atoms with Crippen LogP contribution in [0.15, 0.2) is 4.99 Å². The van der Waals surface area contributed by atoms with Crippen molar-refractivity contribution in [1.82, 2.24) is 0 Å². The summed E-state index contributed by atoms with van der Waals surface area (Å²) in [5.41, 5.74) is 5.46.